The summed E-state index contributed by atoms with van der Waals surface area (Å²) in [6.45, 7) is 1.34. The lowest BCUT2D eigenvalue weighted by molar-refractivity contribution is -0.141. The first-order valence-electron chi connectivity index (χ1n) is 6.35. The molecule has 2 fully saturated rings. The van der Waals surface area contributed by atoms with Crippen molar-refractivity contribution in [3.63, 3.8) is 0 Å². The monoisotopic (exact) mass is 226 g/mol. The number of hydrogen-bond donors (Lipinski definition) is 2. The van der Waals surface area contributed by atoms with Gasteiger partial charge in [0.15, 0.2) is 0 Å². The van der Waals surface area contributed by atoms with E-state index >= 15 is 0 Å². The lowest BCUT2D eigenvalue weighted by atomic mass is 9.89. The van der Waals surface area contributed by atoms with Gasteiger partial charge in [0.2, 0.25) is 5.91 Å². The number of rotatable bonds is 6. The van der Waals surface area contributed by atoms with Gasteiger partial charge in [0, 0.05) is 25.7 Å². The average molecular weight is 226 g/mol. The van der Waals surface area contributed by atoms with Crippen LogP contribution in [0.15, 0.2) is 0 Å². The molecule has 2 aliphatic carbocycles. The molecule has 4 nitrogen and oxygen atoms in total. The van der Waals surface area contributed by atoms with Crippen molar-refractivity contribution in [3.8, 4) is 0 Å². The van der Waals surface area contributed by atoms with Crippen LogP contribution >= 0.6 is 0 Å². The third kappa shape index (κ3) is 2.09. The first-order valence-corrected chi connectivity index (χ1v) is 6.35. The van der Waals surface area contributed by atoms with Crippen LogP contribution in [0, 0.1) is 5.41 Å². The molecule has 0 radical (unpaired) electrons. The Morgan fingerprint density at radius 2 is 2.12 bits per heavy atom. The Kier molecular flexibility index (Phi) is 3.50. The smallest absolute Gasteiger partial charge is 0.230 e. The molecule has 0 saturated heterocycles. The first-order chi connectivity index (χ1) is 7.73. The SMILES string of the molecule is NCC1(C(=O)N(CCCO)C2CCC2)CC1. The second-order valence-corrected chi connectivity index (χ2v) is 5.14. The molecule has 4 heteroatoms. The van der Waals surface area contributed by atoms with Gasteiger partial charge in [-0.2, -0.15) is 0 Å². The number of aliphatic hydroxyl groups excluding tert-OH is 1. The number of nitrogens with zero attached hydrogens (tertiary/aromatic N) is 1. The highest BCUT2D eigenvalue weighted by Gasteiger charge is 2.51. The summed E-state index contributed by atoms with van der Waals surface area (Å²) in [4.78, 5) is 14.3. The molecule has 16 heavy (non-hydrogen) atoms. The van der Waals surface area contributed by atoms with E-state index in [4.69, 9.17) is 10.8 Å². The van der Waals surface area contributed by atoms with Crippen LogP contribution in [0.25, 0.3) is 0 Å². The summed E-state index contributed by atoms with van der Waals surface area (Å²) in [6, 6.07) is 0.420. The normalized spacial score (nSPS) is 22.6. The van der Waals surface area contributed by atoms with E-state index in [0.717, 1.165) is 25.7 Å². The van der Waals surface area contributed by atoms with Crippen LogP contribution < -0.4 is 5.73 Å². The zero-order valence-electron chi connectivity index (χ0n) is 9.82. The molecular formula is C12H22N2O2. The predicted octanol–water partition coefficient (Wildman–Crippen LogP) is 0.489. The maximum atomic E-state index is 12.4. The van der Waals surface area contributed by atoms with E-state index in [2.05, 4.69) is 0 Å². The molecule has 0 aliphatic heterocycles. The Morgan fingerprint density at radius 3 is 2.50 bits per heavy atom. The van der Waals surface area contributed by atoms with Crippen LogP contribution in [-0.4, -0.2) is 41.7 Å². The lowest BCUT2D eigenvalue weighted by Gasteiger charge is -2.39. The van der Waals surface area contributed by atoms with Gasteiger partial charge in [-0.1, -0.05) is 0 Å². The number of amides is 1. The van der Waals surface area contributed by atoms with Gasteiger partial charge in [-0.25, -0.2) is 0 Å². The Balaban J connectivity index is 1.97. The van der Waals surface area contributed by atoms with Gasteiger partial charge in [0.25, 0.3) is 0 Å². The molecule has 0 heterocycles. The summed E-state index contributed by atoms with van der Waals surface area (Å²) in [6.07, 6.45) is 6.05. The molecule has 2 rings (SSSR count). The van der Waals surface area contributed by atoms with Crippen LogP contribution in [0.2, 0.25) is 0 Å². The van der Waals surface area contributed by atoms with Crippen LogP contribution in [0.3, 0.4) is 0 Å². The van der Waals surface area contributed by atoms with Crippen LogP contribution in [-0.2, 0) is 4.79 Å². The maximum Gasteiger partial charge on any atom is 0.230 e. The van der Waals surface area contributed by atoms with Crippen molar-refractivity contribution in [2.45, 2.75) is 44.6 Å². The van der Waals surface area contributed by atoms with E-state index < -0.39 is 0 Å². The molecule has 0 aromatic heterocycles. The van der Waals surface area contributed by atoms with Crippen molar-refractivity contribution in [2.75, 3.05) is 19.7 Å². The average Bonchev–Trinajstić information content (AvgIpc) is 3.01. The summed E-state index contributed by atoms with van der Waals surface area (Å²) < 4.78 is 0. The van der Waals surface area contributed by atoms with Crippen molar-refractivity contribution in [2.24, 2.45) is 11.1 Å². The topological polar surface area (TPSA) is 66.6 Å². The summed E-state index contributed by atoms with van der Waals surface area (Å²) in [7, 11) is 0. The van der Waals surface area contributed by atoms with E-state index in [1.807, 2.05) is 4.90 Å². The van der Waals surface area contributed by atoms with Gasteiger partial charge in [0.05, 0.1) is 5.41 Å². The van der Waals surface area contributed by atoms with Gasteiger partial charge >= 0.3 is 0 Å². The Bertz CT molecular complexity index is 260. The van der Waals surface area contributed by atoms with Crippen LogP contribution in [0.4, 0.5) is 0 Å². The second kappa shape index (κ2) is 4.72. The molecule has 2 aliphatic rings. The van der Waals surface area contributed by atoms with Crippen LogP contribution in [0.5, 0.6) is 0 Å². The summed E-state index contributed by atoms with van der Waals surface area (Å²) in [5.41, 5.74) is 5.47. The third-order valence-electron chi connectivity index (χ3n) is 4.03. The molecule has 2 saturated carbocycles. The van der Waals surface area contributed by atoms with E-state index in [9.17, 15) is 4.79 Å². The lowest BCUT2D eigenvalue weighted by Crippen LogP contribution is -2.49. The molecule has 92 valence electrons. The molecule has 0 unspecified atom stereocenters. The minimum atomic E-state index is -0.231. The standard InChI is InChI=1S/C12H22N2O2/c13-9-12(5-6-12)11(16)14(7-2-8-15)10-3-1-4-10/h10,15H,1-9,13H2. The zero-order chi connectivity index (χ0) is 11.6. The first kappa shape index (κ1) is 11.9. The van der Waals surface area contributed by atoms with E-state index in [1.54, 1.807) is 0 Å². The molecular weight excluding hydrogens is 204 g/mol. The third-order valence-corrected chi connectivity index (χ3v) is 4.03. The van der Waals surface area contributed by atoms with E-state index in [0.29, 0.717) is 25.6 Å². The van der Waals surface area contributed by atoms with E-state index in [-0.39, 0.29) is 17.9 Å². The molecule has 0 aromatic carbocycles. The van der Waals surface area contributed by atoms with Gasteiger partial charge in [0.1, 0.15) is 0 Å². The quantitative estimate of drug-likeness (QED) is 0.692. The number of carbonyl (C=O) groups excluding carboxylic acids is 1. The number of carbonyl (C=O) groups is 1. The fraction of sp³-hybridized carbons (Fsp3) is 0.917. The van der Waals surface area contributed by atoms with Crippen molar-refractivity contribution in [3.05, 3.63) is 0 Å². The molecule has 0 spiro atoms. The fourth-order valence-corrected chi connectivity index (χ4v) is 2.35. The van der Waals surface area contributed by atoms with E-state index in [1.165, 1.54) is 6.42 Å². The number of aliphatic hydroxyl groups is 1. The Labute approximate surface area is 96.8 Å². The fourth-order valence-electron chi connectivity index (χ4n) is 2.35. The predicted molar refractivity (Wildman–Crippen MR) is 61.8 cm³/mol. The zero-order valence-corrected chi connectivity index (χ0v) is 9.82. The Hall–Kier alpha value is -0.610. The summed E-state index contributed by atoms with van der Waals surface area (Å²) in [5, 5.41) is 8.88. The minimum Gasteiger partial charge on any atom is -0.396 e. The molecule has 0 bridgehead atoms. The van der Waals surface area contributed by atoms with Gasteiger partial charge < -0.3 is 15.7 Å². The van der Waals surface area contributed by atoms with Crippen molar-refractivity contribution in [1.29, 1.82) is 0 Å². The molecule has 1 amide bonds. The largest absolute Gasteiger partial charge is 0.396 e. The number of hydrogen-bond acceptors (Lipinski definition) is 3. The van der Waals surface area contributed by atoms with Crippen molar-refractivity contribution in [1.82, 2.24) is 4.90 Å². The molecule has 3 N–H and O–H groups in total. The summed E-state index contributed by atoms with van der Waals surface area (Å²) in [5.74, 6) is 0.244. The highest BCUT2D eigenvalue weighted by molar-refractivity contribution is 5.86. The number of nitrogens with two attached hydrogens (primary N) is 1. The Morgan fingerprint density at radius 1 is 1.44 bits per heavy atom. The minimum absolute atomic E-state index is 0.159. The van der Waals surface area contributed by atoms with Gasteiger partial charge in [-0.15, -0.1) is 0 Å². The van der Waals surface area contributed by atoms with Crippen molar-refractivity contribution < 1.29 is 9.90 Å². The molecule has 0 atom stereocenters. The van der Waals surface area contributed by atoms with Gasteiger partial charge in [-0.3, -0.25) is 4.79 Å². The highest BCUT2D eigenvalue weighted by Crippen LogP contribution is 2.47. The maximum absolute atomic E-state index is 12.4. The van der Waals surface area contributed by atoms with Gasteiger partial charge in [-0.05, 0) is 38.5 Å². The highest BCUT2D eigenvalue weighted by atomic mass is 16.3. The molecule has 0 aromatic rings. The van der Waals surface area contributed by atoms with Crippen molar-refractivity contribution >= 4 is 5.91 Å². The summed E-state index contributed by atoms with van der Waals surface area (Å²) >= 11 is 0. The van der Waals surface area contributed by atoms with Crippen LogP contribution in [0.1, 0.15) is 38.5 Å². The second-order valence-electron chi connectivity index (χ2n) is 5.14.